The molecule has 0 radical (unpaired) electrons. The lowest BCUT2D eigenvalue weighted by molar-refractivity contribution is -0.127. The van der Waals surface area contributed by atoms with Gasteiger partial charge in [-0.25, -0.2) is 0 Å². The zero-order chi connectivity index (χ0) is 21.6. The van der Waals surface area contributed by atoms with Gasteiger partial charge in [0, 0.05) is 42.8 Å². The van der Waals surface area contributed by atoms with Crippen LogP contribution in [0.1, 0.15) is 17.0 Å². The van der Waals surface area contributed by atoms with Crippen molar-refractivity contribution in [2.24, 2.45) is 0 Å². The molecular formula is C23H20ClN5O2. The van der Waals surface area contributed by atoms with Gasteiger partial charge in [0.15, 0.2) is 0 Å². The van der Waals surface area contributed by atoms with E-state index in [9.17, 15) is 4.79 Å². The quantitative estimate of drug-likeness (QED) is 0.571. The van der Waals surface area contributed by atoms with Crippen molar-refractivity contribution >= 4 is 23.6 Å². The van der Waals surface area contributed by atoms with E-state index in [2.05, 4.69) is 21.1 Å². The second-order valence-corrected chi connectivity index (χ2v) is 7.59. The summed E-state index contributed by atoms with van der Waals surface area (Å²) in [6.45, 7) is 3.19. The van der Waals surface area contributed by atoms with Crippen LogP contribution in [0.15, 0.2) is 59.1 Å². The number of hydrogen-bond donors (Lipinski definition) is 0. The number of halogens is 1. The fraction of sp³-hybridized carbons (Fsp3) is 0.217. The van der Waals surface area contributed by atoms with Gasteiger partial charge in [0.25, 0.3) is 0 Å². The predicted octanol–water partition coefficient (Wildman–Crippen LogP) is 3.62. The third kappa shape index (κ3) is 5.18. The Morgan fingerprint density at radius 1 is 1.13 bits per heavy atom. The summed E-state index contributed by atoms with van der Waals surface area (Å²) in [7, 11) is 0. The summed E-state index contributed by atoms with van der Waals surface area (Å²) >= 11 is 5.92. The third-order valence-corrected chi connectivity index (χ3v) is 5.35. The van der Waals surface area contributed by atoms with Gasteiger partial charge in [0.2, 0.25) is 17.6 Å². The van der Waals surface area contributed by atoms with Crippen LogP contribution in [0.4, 0.5) is 0 Å². The molecule has 1 amide bonds. The van der Waals surface area contributed by atoms with Crippen molar-refractivity contribution < 1.29 is 9.32 Å². The van der Waals surface area contributed by atoms with Crippen LogP contribution in [-0.2, 0) is 11.3 Å². The number of carbonyl (C=O) groups excluding carboxylic acids is 1. The second kappa shape index (κ2) is 9.56. The first-order chi connectivity index (χ1) is 15.1. The smallest absolute Gasteiger partial charge is 0.246 e. The fourth-order valence-electron chi connectivity index (χ4n) is 3.36. The molecule has 156 valence electrons. The van der Waals surface area contributed by atoms with Crippen molar-refractivity contribution in [3.8, 4) is 17.5 Å². The first-order valence-electron chi connectivity index (χ1n) is 9.89. The topological polar surface area (TPSA) is 86.3 Å². The van der Waals surface area contributed by atoms with Crippen LogP contribution < -0.4 is 0 Å². The lowest BCUT2D eigenvalue weighted by Gasteiger charge is -2.33. The SMILES string of the molecule is N#Cc1ccccc1/C=C/C(=O)N1CCN(Cc2nc(-c3ccc(Cl)cc3)no2)CC1. The van der Waals surface area contributed by atoms with Crippen molar-refractivity contribution in [3.63, 3.8) is 0 Å². The molecule has 4 rings (SSSR count). The molecule has 1 fully saturated rings. The summed E-state index contributed by atoms with van der Waals surface area (Å²) < 4.78 is 5.38. The van der Waals surface area contributed by atoms with Gasteiger partial charge in [-0.1, -0.05) is 35.0 Å². The molecule has 0 bridgehead atoms. The first kappa shape index (κ1) is 20.8. The van der Waals surface area contributed by atoms with Crippen molar-refractivity contribution in [1.29, 1.82) is 5.26 Å². The normalized spacial score (nSPS) is 14.6. The number of piperazine rings is 1. The molecule has 3 aromatic rings. The molecule has 1 aromatic heterocycles. The van der Waals surface area contributed by atoms with Gasteiger partial charge in [-0.3, -0.25) is 9.69 Å². The van der Waals surface area contributed by atoms with E-state index in [1.807, 2.05) is 24.3 Å². The third-order valence-electron chi connectivity index (χ3n) is 5.10. The number of hydrogen-bond acceptors (Lipinski definition) is 6. The minimum atomic E-state index is -0.0600. The molecule has 1 saturated heterocycles. The molecule has 2 aromatic carbocycles. The first-order valence-corrected chi connectivity index (χ1v) is 10.3. The molecular weight excluding hydrogens is 414 g/mol. The standard InChI is InChI=1S/C23H20ClN5O2/c24-20-8-5-18(6-9-20)23-26-21(31-27-23)16-28-11-13-29(14-12-28)22(30)10-7-17-3-1-2-4-19(17)15-25/h1-10H,11-14,16H2/b10-7+. The van der Waals surface area contributed by atoms with Gasteiger partial charge in [0.1, 0.15) is 0 Å². The molecule has 2 heterocycles. The summed E-state index contributed by atoms with van der Waals surface area (Å²) in [5.74, 6) is 1.01. The minimum absolute atomic E-state index is 0.0600. The van der Waals surface area contributed by atoms with Crippen molar-refractivity contribution in [2.75, 3.05) is 26.2 Å². The van der Waals surface area contributed by atoms with Gasteiger partial charge in [-0.2, -0.15) is 10.2 Å². The molecule has 0 unspecified atom stereocenters. The zero-order valence-electron chi connectivity index (χ0n) is 16.7. The van der Waals surface area contributed by atoms with E-state index in [1.165, 1.54) is 6.08 Å². The molecule has 0 N–H and O–H groups in total. The van der Waals surface area contributed by atoms with E-state index in [0.717, 1.165) is 11.1 Å². The number of carbonyl (C=O) groups is 1. The van der Waals surface area contributed by atoms with Crippen LogP contribution in [0.2, 0.25) is 5.02 Å². The lowest BCUT2D eigenvalue weighted by atomic mass is 10.1. The number of amides is 1. The maximum absolute atomic E-state index is 12.5. The molecule has 8 heteroatoms. The molecule has 0 spiro atoms. The van der Waals surface area contributed by atoms with Gasteiger partial charge >= 0.3 is 0 Å². The summed E-state index contributed by atoms with van der Waals surface area (Å²) in [6, 6.07) is 16.6. The summed E-state index contributed by atoms with van der Waals surface area (Å²) in [4.78, 5) is 20.9. The van der Waals surface area contributed by atoms with E-state index >= 15 is 0 Å². The molecule has 0 atom stereocenters. The highest BCUT2D eigenvalue weighted by atomic mass is 35.5. The van der Waals surface area contributed by atoms with E-state index in [1.54, 1.807) is 35.2 Å². The summed E-state index contributed by atoms with van der Waals surface area (Å²) in [6.07, 6.45) is 3.23. The Labute approximate surface area is 185 Å². The zero-order valence-corrected chi connectivity index (χ0v) is 17.5. The van der Waals surface area contributed by atoms with Crippen molar-refractivity contribution in [2.45, 2.75) is 6.54 Å². The molecule has 1 aliphatic rings. The Morgan fingerprint density at radius 3 is 2.61 bits per heavy atom. The Hall–Kier alpha value is -3.47. The van der Waals surface area contributed by atoms with Gasteiger partial charge in [-0.05, 0) is 42.0 Å². The van der Waals surface area contributed by atoms with Crippen LogP contribution >= 0.6 is 11.6 Å². The van der Waals surface area contributed by atoms with Gasteiger partial charge < -0.3 is 9.42 Å². The maximum Gasteiger partial charge on any atom is 0.246 e. The minimum Gasteiger partial charge on any atom is -0.338 e. The van der Waals surface area contributed by atoms with E-state index in [-0.39, 0.29) is 5.91 Å². The van der Waals surface area contributed by atoms with E-state index in [4.69, 9.17) is 21.4 Å². The van der Waals surface area contributed by atoms with Crippen LogP contribution in [0.3, 0.4) is 0 Å². The fourth-order valence-corrected chi connectivity index (χ4v) is 3.49. The van der Waals surface area contributed by atoms with E-state index in [0.29, 0.717) is 55.0 Å². The monoisotopic (exact) mass is 433 g/mol. The highest BCUT2D eigenvalue weighted by molar-refractivity contribution is 6.30. The number of nitriles is 1. The summed E-state index contributed by atoms with van der Waals surface area (Å²) in [5, 5.41) is 13.8. The van der Waals surface area contributed by atoms with Crippen LogP contribution in [0.5, 0.6) is 0 Å². The molecule has 0 aliphatic carbocycles. The summed E-state index contributed by atoms with van der Waals surface area (Å²) in [5.41, 5.74) is 2.14. The number of benzene rings is 2. The number of nitrogens with zero attached hydrogens (tertiary/aromatic N) is 5. The number of rotatable bonds is 5. The Balaban J connectivity index is 1.30. The van der Waals surface area contributed by atoms with Gasteiger partial charge in [-0.15, -0.1) is 0 Å². The van der Waals surface area contributed by atoms with Crippen molar-refractivity contribution in [3.05, 3.63) is 76.6 Å². The van der Waals surface area contributed by atoms with Crippen molar-refractivity contribution in [1.82, 2.24) is 19.9 Å². The van der Waals surface area contributed by atoms with Gasteiger partial charge in [0.05, 0.1) is 18.2 Å². The maximum atomic E-state index is 12.5. The Morgan fingerprint density at radius 2 is 1.87 bits per heavy atom. The molecule has 0 saturated carbocycles. The Kier molecular flexibility index (Phi) is 6.41. The molecule has 7 nitrogen and oxygen atoms in total. The second-order valence-electron chi connectivity index (χ2n) is 7.15. The van der Waals surface area contributed by atoms with Crippen LogP contribution in [0.25, 0.3) is 17.5 Å². The van der Waals surface area contributed by atoms with Crippen LogP contribution in [-0.4, -0.2) is 52.0 Å². The highest BCUT2D eigenvalue weighted by Crippen LogP contribution is 2.19. The molecule has 1 aliphatic heterocycles. The highest BCUT2D eigenvalue weighted by Gasteiger charge is 2.21. The average molecular weight is 434 g/mol. The largest absolute Gasteiger partial charge is 0.338 e. The Bertz CT molecular complexity index is 1130. The lowest BCUT2D eigenvalue weighted by Crippen LogP contribution is -2.47. The predicted molar refractivity (Wildman–Crippen MR) is 117 cm³/mol. The van der Waals surface area contributed by atoms with Crippen LogP contribution in [0, 0.1) is 11.3 Å². The average Bonchev–Trinajstić information content (AvgIpc) is 3.27. The number of aromatic nitrogens is 2. The van der Waals surface area contributed by atoms with E-state index < -0.39 is 0 Å². The molecule has 31 heavy (non-hydrogen) atoms.